The first-order valence-corrected chi connectivity index (χ1v) is 7.73. The molecule has 0 radical (unpaired) electrons. The van der Waals surface area contributed by atoms with Crippen LogP contribution in [0.1, 0.15) is 17.1 Å². The maximum Gasteiger partial charge on any atom is 0.174 e. The van der Waals surface area contributed by atoms with Crippen LogP contribution < -0.4 is 15.4 Å². The molecule has 0 saturated carbocycles. The standard InChI is InChI=1S/C17H19N7O/c1-10-5-6-18-17(16(10)25-4)24-14-8-13(19-9-20-14)23-15-7-11(2)21-12(3)22-15/h5-9H,1-4H3,(H2,18,19,20,21,22,23,24). The van der Waals surface area contributed by atoms with Crippen LogP contribution in [0.5, 0.6) is 5.75 Å². The van der Waals surface area contributed by atoms with E-state index in [9.17, 15) is 0 Å². The fraction of sp³-hybridized carbons (Fsp3) is 0.235. The fourth-order valence-electron chi connectivity index (χ4n) is 2.42. The normalized spacial score (nSPS) is 10.4. The van der Waals surface area contributed by atoms with Crippen LogP contribution in [0.3, 0.4) is 0 Å². The number of anilines is 4. The second-order valence-corrected chi connectivity index (χ2v) is 5.49. The number of aryl methyl sites for hydroxylation is 3. The van der Waals surface area contributed by atoms with Crippen LogP contribution in [-0.2, 0) is 0 Å². The van der Waals surface area contributed by atoms with Crippen molar-refractivity contribution in [3.63, 3.8) is 0 Å². The molecule has 8 heteroatoms. The molecular weight excluding hydrogens is 318 g/mol. The van der Waals surface area contributed by atoms with Gasteiger partial charge in [-0.25, -0.2) is 24.9 Å². The zero-order valence-electron chi connectivity index (χ0n) is 14.5. The number of ether oxygens (including phenoxy) is 1. The molecule has 0 spiro atoms. The minimum absolute atomic E-state index is 0.594. The van der Waals surface area contributed by atoms with Gasteiger partial charge >= 0.3 is 0 Å². The Hall–Kier alpha value is -3.29. The number of nitrogens with one attached hydrogen (secondary N) is 2. The molecule has 128 valence electrons. The predicted molar refractivity (Wildman–Crippen MR) is 95.6 cm³/mol. The van der Waals surface area contributed by atoms with Gasteiger partial charge in [0, 0.05) is 24.0 Å². The molecular formula is C17H19N7O. The average Bonchev–Trinajstić information content (AvgIpc) is 2.54. The first-order chi connectivity index (χ1) is 12.0. The van der Waals surface area contributed by atoms with E-state index >= 15 is 0 Å². The maximum atomic E-state index is 5.40. The van der Waals surface area contributed by atoms with E-state index in [0.717, 1.165) is 11.3 Å². The second kappa shape index (κ2) is 7.08. The Morgan fingerprint density at radius 2 is 1.64 bits per heavy atom. The molecule has 3 rings (SSSR count). The summed E-state index contributed by atoms with van der Waals surface area (Å²) in [7, 11) is 1.61. The Morgan fingerprint density at radius 1 is 0.880 bits per heavy atom. The molecule has 3 aromatic rings. The third-order valence-electron chi connectivity index (χ3n) is 3.44. The van der Waals surface area contributed by atoms with Crippen molar-refractivity contribution in [1.29, 1.82) is 0 Å². The quantitative estimate of drug-likeness (QED) is 0.733. The Balaban J connectivity index is 1.83. The molecule has 0 saturated heterocycles. The molecule has 3 heterocycles. The number of hydrogen-bond donors (Lipinski definition) is 2. The molecule has 0 unspecified atom stereocenters. The van der Waals surface area contributed by atoms with Crippen LogP contribution in [0.2, 0.25) is 0 Å². The van der Waals surface area contributed by atoms with Crippen molar-refractivity contribution in [3.05, 3.63) is 47.8 Å². The molecule has 25 heavy (non-hydrogen) atoms. The van der Waals surface area contributed by atoms with Crippen molar-refractivity contribution in [3.8, 4) is 5.75 Å². The highest BCUT2D eigenvalue weighted by atomic mass is 16.5. The zero-order chi connectivity index (χ0) is 17.8. The Morgan fingerprint density at radius 3 is 2.36 bits per heavy atom. The lowest BCUT2D eigenvalue weighted by atomic mass is 10.2. The molecule has 0 amide bonds. The third kappa shape index (κ3) is 3.97. The van der Waals surface area contributed by atoms with Gasteiger partial charge in [0.25, 0.3) is 0 Å². The van der Waals surface area contributed by atoms with E-state index in [4.69, 9.17) is 4.74 Å². The van der Waals surface area contributed by atoms with Crippen molar-refractivity contribution in [2.75, 3.05) is 17.7 Å². The van der Waals surface area contributed by atoms with Gasteiger partial charge in [0.1, 0.15) is 29.6 Å². The van der Waals surface area contributed by atoms with Crippen LogP contribution >= 0.6 is 0 Å². The number of nitrogens with zero attached hydrogens (tertiary/aromatic N) is 5. The summed E-state index contributed by atoms with van der Waals surface area (Å²) < 4.78 is 5.40. The van der Waals surface area contributed by atoms with Gasteiger partial charge in [-0.1, -0.05) is 0 Å². The van der Waals surface area contributed by atoms with Gasteiger partial charge in [-0.3, -0.25) is 0 Å². The van der Waals surface area contributed by atoms with Gasteiger partial charge in [-0.05, 0) is 32.4 Å². The van der Waals surface area contributed by atoms with Crippen LogP contribution in [-0.4, -0.2) is 32.0 Å². The Bertz CT molecular complexity index is 878. The van der Waals surface area contributed by atoms with Crippen molar-refractivity contribution in [2.24, 2.45) is 0 Å². The van der Waals surface area contributed by atoms with Gasteiger partial charge in [0.05, 0.1) is 7.11 Å². The highest BCUT2D eigenvalue weighted by Crippen LogP contribution is 2.28. The highest BCUT2D eigenvalue weighted by molar-refractivity contribution is 5.64. The van der Waals surface area contributed by atoms with Crippen LogP contribution in [0.4, 0.5) is 23.3 Å². The summed E-state index contributed by atoms with van der Waals surface area (Å²) in [4.78, 5) is 21.4. The number of pyridine rings is 1. The average molecular weight is 337 g/mol. The van der Waals surface area contributed by atoms with E-state index in [1.54, 1.807) is 19.4 Å². The summed E-state index contributed by atoms with van der Waals surface area (Å²) in [6.45, 7) is 5.72. The maximum absolute atomic E-state index is 5.40. The minimum atomic E-state index is 0.594. The zero-order valence-corrected chi connectivity index (χ0v) is 14.5. The summed E-state index contributed by atoms with van der Waals surface area (Å²) in [6.07, 6.45) is 3.18. The van der Waals surface area contributed by atoms with Gasteiger partial charge in [-0.2, -0.15) is 0 Å². The second-order valence-electron chi connectivity index (χ2n) is 5.49. The van der Waals surface area contributed by atoms with Crippen LogP contribution in [0.25, 0.3) is 0 Å². The molecule has 0 fully saturated rings. The van der Waals surface area contributed by atoms with Gasteiger partial charge in [-0.15, -0.1) is 0 Å². The summed E-state index contributed by atoms with van der Waals surface area (Å²) in [5.74, 6) is 3.86. The van der Waals surface area contributed by atoms with Crippen molar-refractivity contribution in [2.45, 2.75) is 20.8 Å². The SMILES string of the molecule is COc1c(C)ccnc1Nc1cc(Nc2cc(C)nc(C)n2)ncn1. The molecule has 0 aliphatic carbocycles. The van der Waals surface area contributed by atoms with E-state index in [0.29, 0.717) is 34.8 Å². The van der Waals surface area contributed by atoms with Crippen molar-refractivity contribution < 1.29 is 4.74 Å². The van der Waals surface area contributed by atoms with Gasteiger partial charge < -0.3 is 15.4 Å². The number of hydrogen-bond acceptors (Lipinski definition) is 8. The third-order valence-corrected chi connectivity index (χ3v) is 3.44. The molecule has 0 aliphatic heterocycles. The van der Waals surface area contributed by atoms with E-state index in [1.165, 1.54) is 6.33 Å². The van der Waals surface area contributed by atoms with Gasteiger partial charge in [0.15, 0.2) is 11.6 Å². The summed E-state index contributed by atoms with van der Waals surface area (Å²) in [6, 6.07) is 5.51. The molecule has 2 N–H and O–H groups in total. The molecule has 0 aromatic carbocycles. The summed E-state index contributed by atoms with van der Waals surface area (Å²) >= 11 is 0. The molecule has 0 atom stereocenters. The first-order valence-electron chi connectivity index (χ1n) is 7.73. The van der Waals surface area contributed by atoms with Crippen molar-refractivity contribution in [1.82, 2.24) is 24.9 Å². The summed E-state index contributed by atoms with van der Waals surface area (Å²) in [5.41, 5.74) is 1.87. The van der Waals surface area contributed by atoms with E-state index < -0.39 is 0 Å². The van der Waals surface area contributed by atoms with Crippen LogP contribution in [0, 0.1) is 20.8 Å². The topological polar surface area (TPSA) is 97.7 Å². The van der Waals surface area contributed by atoms with E-state index in [-0.39, 0.29) is 0 Å². The van der Waals surface area contributed by atoms with Crippen LogP contribution in [0.15, 0.2) is 30.7 Å². The molecule has 0 bridgehead atoms. The Labute approximate surface area is 145 Å². The highest BCUT2D eigenvalue weighted by Gasteiger charge is 2.09. The predicted octanol–water partition coefficient (Wildman–Crippen LogP) is 3.08. The largest absolute Gasteiger partial charge is 0.493 e. The monoisotopic (exact) mass is 337 g/mol. The first kappa shape index (κ1) is 16.6. The lowest BCUT2D eigenvalue weighted by Crippen LogP contribution is -2.03. The lowest BCUT2D eigenvalue weighted by molar-refractivity contribution is 0.412. The van der Waals surface area contributed by atoms with Gasteiger partial charge in [0.2, 0.25) is 0 Å². The molecule has 3 aromatic heterocycles. The minimum Gasteiger partial charge on any atom is -0.493 e. The summed E-state index contributed by atoms with van der Waals surface area (Å²) in [5, 5.41) is 6.31. The molecule has 8 nitrogen and oxygen atoms in total. The number of methoxy groups -OCH3 is 1. The van der Waals surface area contributed by atoms with E-state index in [2.05, 4.69) is 35.6 Å². The fourth-order valence-corrected chi connectivity index (χ4v) is 2.42. The number of rotatable bonds is 5. The van der Waals surface area contributed by atoms with Crippen molar-refractivity contribution >= 4 is 23.3 Å². The van der Waals surface area contributed by atoms with E-state index in [1.807, 2.05) is 32.9 Å². The Kier molecular flexibility index (Phi) is 4.69. The lowest BCUT2D eigenvalue weighted by Gasteiger charge is -2.12. The smallest absolute Gasteiger partial charge is 0.174 e. The molecule has 0 aliphatic rings. The number of aromatic nitrogens is 5.